The van der Waals surface area contributed by atoms with Crippen molar-refractivity contribution in [3.63, 3.8) is 0 Å². The maximum absolute atomic E-state index is 13.5. The fraction of sp³-hybridized carbons (Fsp3) is 0.136. The van der Waals surface area contributed by atoms with E-state index in [1.165, 1.54) is 6.33 Å². The summed E-state index contributed by atoms with van der Waals surface area (Å²) in [4.78, 5) is 21.6. The number of nitrogen functional groups attached to an aromatic ring is 2. The number of aryl methyl sites for hydroxylation is 2. The Hall–Kier alpha value is -3.87. The second-order valence-corrected chi connectivity index (χ2v) is 6.98. The van der Waals surface area contributed by atoms with Crippen molar-refractivity contribution in [3.8, 4) is 5.69 Å². The number of rotatable bonds is 4. The van der Waals surface area contributed by atoms with E-state index in [-0.39, 0.29) is 17.1 Å². The van der Waals surface area contributed by atoms with Crippen LogP contribution in [0.3, 0.4) is 0 Å². The van der Waals surface area contributed by atoms with Crippen molar-refractivity contribution in [2.75, 3.05) is 16.8 Å². The van der Waals surface area contributed by atoms with E-state index in [2.05, 4.69) is 15.3 Å². The number of hydrogen-bond acceptors (Lipinski definition) is 6. The molecule has 5 N–H and O–H groups in total. The maximum atomic E-state index is 13.5. The van der Waals surface area contributed by atoms with Crippen LogP contribution in [0, 0.1) is 13.8 Å². The number of anilines is 3. The smallest absolute Gasteiger partial charge is 0.263 e. The van der Waals surface area contributed by atoms with Crippen LogP contribution in [0.1, 0.15) is 16.8 Å². The van der Waals surface area contributed by atoms with E-state index in [9.17, 15) is 4.79 Å². The topological polar surface area (TPSA) is 112 Å². The van der Waals surface area contributed by atoms with Gasteiger partial charge in [-0.25, -0.2) is 9.97 Å². The Balaban J connectivity index is 1.90. The molecule has 0 bridgehead atoms. The summed E-state index contributed by atoms with van der Waals surface area (Å²) in [5.41, 5.74) is 15.6. The van der Waals surface area contributed by atoms with Crippen molar-refractivity contribution in [2.24, 2.45) is 0 Å². The molecule has 0 aliphatic heterocycles. The monoisotopic (exact) mass is 386 g/mol. The van der Waals surface area contributed by atoms with E-state index < -0.39 is 0 Å². The zero-order valence-electron chi connectivity index (χ0n) is 16.3. The fourth-order valence-electron chi connectivity index (χ4n) is 3.52. The van der Waals surface area contributed by atoms with Crippen molar-refractivity contribution < 1.29 is 0 Å². The Morgan fingerprint density at radius 1 is 1.00 bits per heavy atom. The van der Waals surface area contributed by atoms with Gasteiger partial charge in [0.25, 0.3) is 5.56 Å². The highest BCUT2D eigenvalue weighted by atomic mass is 16.1. The molecule has 146 valence electrons. The molecule has 0 spiro atoms. The van der Waals surface area contributed by atoms with Crippen LogP contribution in [-0.4, -0.2) is 14.5 Å². The summed E-state index contributed by atoms with van der Waals surface area (Å²) in [6.45, 7) is 4.28. The van der Waals surface area contributed by atoms with Gasteiger partial charge in [0.15, 0.2) is 11.6 Å². The second-order valence-electron chi connectivity index (χ2n) is 6.98. The van der Waals surface area contributed by atoms with Gasteiger partial charge < -0.3 is 16.8 Å². The number of pyridine rings is 1. The first-order valence-electron chi connectivity index (χ1n) is 9.27. The quantitative estimate of drug-likeness (QED) is 0.497. The van der Waals surface area contributed by atoms with Gasteiger partial charge in [0.2, 0.25) is 0 Å². The Labute approximate surface area is 168 Å². The minimum absolute atomic E-state index is 0.0538. The number of benzene rings is 2. The van der Waals surface area contributed by atoms with Crippen LogP contribution in [0.2, 0.25) is 0 Å². The van der Waals surface area contributed by atoms with E-state index in [1.807, 2.05) is 62.4 Å². The molecule has 0 saturated heterocycles. The zero-order valence-corrected chi connectivity index (χ0v) is 16.3. The zero-order chi connectivity index (χ0) is 20.5. The Morgan fingerprint density at radius 2 is 1.76 bits per heavy atom. The molecule has 4 rings (SSSR count). The van der Waals surface area contributed by atoms with Gasteiger partial charge in [-0.2, -0.15) is 0 Å². The summed E-state index contributed by atoms with van der Waals surface area (Å²) in [6, 6.07) is 15.7. The van der Waals surface area contributed by atoms with Crippen LogP contribution in [-0.2, 0) is 6.54 Å². The van der Waals surface area contributed by atoms with Gasteiger partial charge in [-0.15, -0.1) is 0 Å². The first kappa shape index (κ1) is 18.5. The SMILES string of the molecule is Cc1ccccc1-n1c(CNc2ncnc(N)c2N)cc2cccc(C)c2c1=O. The lowest BCUT2D eigenvalue weighted by Gasteiger charge is -2.18. The minimum atomic E-state index is -0.0538. The van der Waals surface area contributed by atoms with Crippen molar-refractivity contribution in [1.29, 1.82) is 0 Å². The predicted molar refractivity (Wildman–Crippen MR) is 117 cm³/mol. The molecule has 7 nitrogen and oxygen atoms in total. The highest BCUT2D eigenvalue weighted by Gasteiger charge is 2.15. The standard InChI is InChI=1S/C22H22N6O/c1-13-6-3-4-9-17(13)28-16(11-25-21-19(23)20(24)26-12-27-21)10-15-8-5-7-14(2)18(15)22(28)29/h3-10,12H,11,23H2,1-2H3,(H3,24,25,26,27). The molecule has 0 unspecified atom stereocenters. The summed E-state index contributed by atoms with van der Waals surface area (Å²) >= 11 is 0. The van der Waals surface area contributed by atoms with E-state index in [0.29, 0.717) is 17.7 Å². The molecule has 0 atom stereocenters. The molecule has 0 aliphatic carbocycles. The van der Waals surface area contributed by atoms with Gasteiger partial charge >= 0.3 is 0 Å². The summed E-state index contributed by atoms with van der Waals surface area (Å²) in [5.74, 6) is 0.651. The number of hydrogen-bond donors (Lipinski definition) is 3. The van der Waals surface area contributed by atoms with Crippen LogP contribution in [0.15, 0.2) is 59.7 Å². The Kier molecular flexibility index (Phi) is 4.64. The number of nitrogens with two attached hydrogens (primary N) is 2. The first-order valence-corrected chi connectivity index (χ1v) is 9.27. The Morgan fingerprint density at radius 3 is 2.55 bits per heavy atom. The molecule has 0 fully saturated rings. The fourth-order valence-corrected chi connectivity index (χ4v) is 3.52. The predicted octanol–water partition coefficient (Wildman–Crippen LogP) is 3.17. The molecule has 2 aromatic carbocycles. The molecular formula is C22H22N6O. The number of nitrogens with one attached hydrogen (secondary N) is 1. The molecule has 0 saturated carbocycles. The van der Waals surface area contributed by atoms with Crippen LogP contribution < -0.4 is 22.3 Å². The van der Waals surface area contributed by atoms with Crippen molar-refractivity contribution in [1.82, 2.24) is 14.5 Å². The van der Waals surface area contributed by atoms with Gasteiger partial charge in [-0.1, -0.05) is 36.4 Å². The number of fused-ring (bicyclic) bond motifs is 1. The minimum Gasteiger partial charge on any atom is -0.393 e. The molecule has 7 heteroatoms. The molecular weight excluding hydrogens is 364 g/mol. The lowest BCUT2D eigenvalue weighted by atomic mass is 10.1. The molecule has 2 heterocycles. The molecule has 29 heavy (non-hydrogen) atoms. The lowest BCUT2D eigenvalue weighted by Crippen LogP contribution is -2.25. The summed E-state index contributed by atoms with van der Waals surface area (Å²) in [5, 5.41) is 4.80. The normalized spacial score (nSPS) is 11.0. The second kappa shape index (κ2) is 7.27. The van der Waals surface area contributed by atoms with Gasteiger partial charge in [-0.05, 0) is 42.5 Å². The van der Waals surface area contributed by atoms with Crippen LogP contribution in [0.25, 0.3) is 16.5 Å². The van der Waals surface area contributed by atoms with Crippen molar-refractivity contribution >= 4 is 28.1 Å². The van der Waals surface area contributed by atoms with Crippen LogP contribution >= 0.6 is 0 Å². The third-order valence-corrected chi connectivity index (χ3v) is 5.04. The number of para-hydroxylation sites is 1. The number of nitrogens with zero attached hydrogens (tertiary/aromatic N) is 3. The summed E-state index contributed by atoms with van der Waals surface area (Å²) in [6.07, 6.45) is 1.35. The summed E-state index contributed by atoms with van der Waals surface area (Å²) in [7, 11) is 0. The molecule has 0 aliphatic rings. The first-order chi connectivity index (χ1) is 14.0. The van der Waals surface area contributed by atoms with Crippen molar-refractivity contribution in [2.45, 2.75) is 20.4 Å². The van der Waals surface area contributed by atoms with Gasteiger partial charge in [0.05, 0.1) is 17.6 Å². The highest BCUT2D eigenvalue weighted by molar-refractivity contribution is 5.85. The highest BCUT2D eigenvalue weighted by Crippen LogP contribution is 2.23. The van der Waals surface area contributed by atoms with Gasteiger partial charge in [0.1, 0.15) is 12.0 Å². The lowest BCUT2D eigenvalue weighted by molar-refractivity contribution is 0.884. The molecule has 0 radical (unpaired) electrons. The molecule has 2 aromatic heterocycles. The van der Waals surface area contributed by atoms with Crippen molar-refractivity contribution in [3.05, 3.63) is 82.0 Å². The average Bonchev–Trinajstić information content (AvgIpc) is 2.70. The molecule has 0 amide bonds. The van der Waals surface area contributed by atoms with Crippen LogP contribution in [0.4, 0.5) is 17.3 Å². The third-order valence-electron chi connectivity index (χ3n) is 5.04. The van der Waals surface area contributed by atoms with Crippen LogP contribution in [0.5, 0.6) is 0 Å². The number of aromatic nitrogens is 3. The van der Waals surface area contributed by atoms with Gasteiger partial charge in [-0.3, -0.25) is 9.36 Å². The van der Waals surface area contributed by atoms with E-state index in [1.54, 1.807) is 4.57 Å². The molecule has 4 aromatic rings. The van der Waals surface area contributed by atoms with E-state index >= 15 is 0 Å². The average molecular weight is 386 g/mol. The van der Waals surface area contributed by atoms with E-state index in [0.717, 1.165) is 27.9 Å². The summed E-state index contributed by atoms with van der Waals surface area (Å²) < 4.78 is 1.75. The van der Waals surface area contributed by atoms with E-state index in [4.69, 9.17) is 11.5 Å². The maximum Gasteiger partial charge on any atom is 0.263 e. The third kappa shape index (κ3) is 3.27. The van der Waals surface area contributed by atoms with Gasteiger partial charge in [0, 0.05) is 5.69 Å². The Bertz CT molecular complexity index is 1280. The largest absolute Gasteiger partial charge is 0.393 e.